The molecule has 0 radical (unpaired) electrons. The molecule has 3 rings (SSSR count). The van der Waals surface area contributed by atoms with Crippen molar-refractivity contribution >= 4 is 40.6 Å². The van der Waals surface area contributed by atoms with Crippen LogP contribution in [0.2, 0.25) is 0 Å². The third-order valence-electron chi connectivity index (χ3n) is 5.03. The number of nitrogens with zero attached hydrogens (tertiary/aromatic N) is 3. The lowest BCUT2D eigenvalue weighted by molar-refractivity contribution is -0.0831. The summed E-state index contributed by atoms with van der Waals surface area (Å²) in [7, 11) is -17.0. The fourth-order valence-electron chi connectivity index (χ4n) is 3.78. The molecule has 1 fully saturated rings. The van der Waals surface area contributed by atoms with E-state index in [-0.39, 0.29) is 17.1 Å². The van der Waals surface area contributed by atoms with E-state index in [4.69, 9.17) is 24.8 Å². The standard InChI is InChI=1S/C15H22N5O14P3/c1-3-4-15(23)8(5-21)10(7(2)32-36(27,28)34-37(29,30)33-35(24,25)26)31-13(15)20-6-17-9-11(20)18-14(16)19-12(9)22/h6-8,10,13,21,23H,5H2,1-2H3,(H,27,28)(H,29,30)(H2,24,25,26)(H3,16,18,19,22)/t7-,8?,10+,13+,15?/m0/s1. The number of aromatic nitrogens is 4. The number of aliphatic hydroxyl groups is 2. The van der Waals surface area contributed by atoms with Crippen molar-refractivity contribution in [1.29, 1.82) is 0 Å². The van der Waals surface area contributed by atoms with Crippen molar-refractivity contribution in [3.05, 3.63) is 16.7 Å². The molecule has 19 nitrogen and oxygen atoms in total. The SMILES string of the molecule is CC#CC1(O)C(CO)[C@@H]([C@H](C)OP(=O)(O)OP(=O)(O)OP(=O)(O)O)O[C@H]1n1cnc2c(=O)[nH]c(N)nc21. The Balaban J connectivity index is 1.97. The third-order valence-corrected chi connectivity index (χ3v) is 8.95. The van der Waals surface area contributed by atoms with Crippen molar-refractivity contribution in [2.75, 3.05) is 12.3 Å². The molecule has 22 heteroatoms. The highest BCUT2D eigenvalue weighted by atomic mass is 31.3. The molecule has 0 amide bonds. The maximum Gasteiger partial charge on any atom is 0.490 e. The van der Waals surface area contributed by atoms with E-state index in [1.165, 1.54) is 6.92 Å². The number of nitrogens with two attached hydrogens (primary N) is 1. The third kappa shape index (κ3) is 6.36. The highest BCUT2D eigenvalue weighted by molar-refractivity contribution is 7.66. The van der Waals surface area contributed by atoms with Gasteiger partial charge in [0.15, 0.2) is 23.0 Å². The van der Waals surface area contributed by atoms with E-state index in [9.17, 15) is 38.5 Å². The van der Waals surface area contributed by atoms with Gasteiger partial charge >= 0.3 is 23.5 Å². The lowest BCUT2D eigenvalue weighted by Crippen LogP contribution is -2.45. The Bertz CT molecular complexity index is 1440. The lowest BCUT2D eigenvalue weighted by atomic mass is 9.84. The zero-order valence-electron chi connectivity index (χ0n) is 18.8. The summed E-state index contributed by atoms with van der Waals surface area (Å²) in [5, 5.41) is 21.5. The number of nitrogens with one attached hydrogen (secondary N) is 1. The van der Waals surface area contributed by atoms with Crippen LogP contribution in [0.4, 0.5) is 5.95 Å². The number of rotatable bonds is 9. The Hall–Kier alpha value is -2.00. The van der Waals surface area contributed by atoms with Crippen molar-refractivity contribution < 1.29 is 61.4 Å². The van der Waals surface area contributed by atoms with Gasteiger partial charge in [0.2, 0.25) is 5.95 Å². The molecule has 9 N–H and O–H groups in total. The summed E-state index contributed by atoms with van der Waals surface area (Å²) in [6.45, 7) is 1.62. The van der Waals surface area contributed by atoms with Crippen LogP contribution in [-0.4, -0.2) is 73.7 Å². The zero-order valence-corrected chi connectivity index (χ0v) is 21.5. The van der Waals surface area contributed by atoms with E-state index >= 15 is 0 Å². The Morgan fingerprint density at radius 1 is 1.27 bits per heavy atom. The Morgan fingerprint density at radius 2 is 1.92 bits per heavy atom. The van der Waals surface area contributed by atoms with Gasteiger partial charge in [-0.05, 0) is 13.8 Å². The van der Waals surface area contributed by atoms with Crippen LogP contribution in [0.15, 0.2) is 11.1 Å². The molecule has 0 saturated carbocycles. The van der Waals surface area contributed by atoms with Gasteiger partial charge in [-0.1, -0.05) is 5.92 Å². The highest BCUT2D eigenvalue weighted by Gasteiger charge is 2.58. The van der Waals surface area contributed by atoms with Gasteiger partial charge in [0, 0.05) is 0 Å². The van der Waals surface area contributed by atoms with Gasteiger partial charge in [-0.15, -0.1) is 5.92 Å². The number of anilines is 1. The number of aromatic amines is 1. The number of ether oxygens (including phenoxy) is 1. The van der Waals surface area contributed by atoms with Crippen molar-refractivity contribution in [2.24, 2.45) is 5.92 Å². The second kappa shape index (κ2) is 10.3. The molecular formula is C15H22N5O14P3. The quantitative estimate of drug-likeness (QED) is 0.124. The minimum Gasteiger partial charge on any atom is -0.396 e. The van der Waals surface area contributed by atoms with E-state index in [0.717, 1.165) is 17.8 Å². The van der Waals surface area contributed by atoms with Crippen molar-refractivity contribution in [1.82, 2.24) is 19.5 Å². The van der Waals surface area contributed by atoms with E-state index in [2.05, 4.69) is 35.4 Å². The predicted molar refractivity (Wildman–Crippen MR) is 120 cm³/mol. The van der Waals surface area contributed by atoms with E-state index in [1.54, 1.807) is 0 Å². The summed E-state index contributed by atoms with van der Waals surface area (Å²) < 4.78 is 53.7. The first-order chi connectivity index (χ1) is 16.9. The summed E-state index contributed by atoms with van der Waals surface area (Å²) in [6.07, 6.45) is -3.58. The smallest absolute Gasteiger partial charge is 0.396 e. The first kappa shape index (κ1) is 29.6. The van der Waals surface area contributed by atoms with E-state index in [1.807, 2.05) is 0 Å². The van der Waals surface area contributed by atoms with Gasteiger partial charge in [-0.3, -0.25) is 18.9 Å². The number of aliphatic hydroxyl groups excluding tert-OH is 1. The second-order valence-electron chi connectivity index (χ2n) is 7.62. The number of imidazole rings is 1. The first-order valence-corrected chi connectivity index (χ1v) is 14.4. The van der Waals surface area contributed by atoms with Crippen LogP contribution < -0.4 is 11.3 Å². The molecule has 1 aliphatic heterocycles. The average molecular weight is 589 g/mol. The van der Waals surface area contributed by atoms with E-state index in [0.29, 0.717) is 0 Å². The average Bonchev–Trinajstić information content (AvgIpc) is 3.23. The summed E-state index contributed by atoms with van der Waals surface area (Å²) in [4.78, 5) is 58.8. The Labute approximate surface area is 206 Å². The van der Waals surface area contributed by atoms with Crippen molar-refractivity contribution in [3.8, 4) is 11.8 Å². The molecule has 0 bridgehead atoms. The maximum absolute atomic E-state index is 12.3. The number of H-pyrrole nitrogens is 1. The van der Waals surface area contributed by atoms with Gasteiger partial charge in [0.1, 0.15) is 0 Å². The van der Waals surface area contributed by atoms with Gasteiger partial charge in [0.05, 0.1) is 31.1 Å². The van der Waals surface area contributed by atoms with Gasteiger partial charge < -0.3 is 40.3 Å². The molecule has 206 valence electrons. The summed E-state index contributed by atoms with van der Waals surface area (Å²) in [5.74, 6) is 3.29. The molecular weight excluding hydrogens is 567 g/mol. The molecule has 7 atom stereocenters. The van der Waals surface area contributed by atoms with Crippen molar-refractivity contribution in [2.45, 2.75) is 37.9 Å². The number of fused-ring (bicyclic) bond motifs is 1. The molecule has 0 aromatic carbocycles. The van der Waals surface area contributed by atoms with Crippen LogP contribution in [0.3, 0.4) is 0 Å². The number of nitrogen functional groups attached to an aromatic ring is 1. The van der Waals surface area contributed by atoms with Gasteiger partial charge in [0.25, 0.3) is 5.56 Å². The van der Waals surface area contributed by atoms with Crippen molar-refractivity contribution in [3.63, 3.8) is 0 Å². The van der Waals surface area contributed by atoms with Crippen LogP contribution in [0.5, 0.6) is 0 Å². The zero-order chi connectivity index (χ0) is 28.0. The predicted octanol–water partition coefficient (Wildman–Crippen LogP) is -1.31. The fraction of sp³-hybridized carbons (Fsp3) is 0.533. The van der Waals surface area contributed by atoms with Crippen LogP contribution in [-0.2, 0) is 31.6 Å². The minimum atomic E-state index is -5.80. The van der Waals surface area contributed by atoms with Gasteiger partial charge in [-0.25, -0.2) is 18.7 Å². The molecule has 1 saturated heterocycles. The number of phosphoric acid groups is 3. The van der Waals surface area contributed by atoms with Crippen LogP contribution in [0, 0.1) is 17.8 Å². The fourth-order valence-corrected chi connectivity index (χ4v) is 6.98. The molecule has 0 aliphatic carbocycles. The maximum atomic E-state index is 12.3. The largest absolute Gasteiger partial charge is 0.490 e. The van der Waals surface area contributed by atoms with E-state index < -0.39 is 65.6 Å². The normalized spacial score (nSPS) is 28.3. The summed E-state index contributed by atoms with van der Waals surface area (Å²) >= 11 is 0. The van der Waals surface area contributed by atoms with Gasteiger partial charge in [-0.2, -0.15) is 13.6 Å². The minimum absolute atomic E-state index is 0.138. The monoisotopic (exact) mass is 589 g/mol. The molecule has 1 aliphatic rings. The molecule has 2 aromatic rings. The summed E-state index contributed by atoms with van der Waals surface area (Å²) in [6, 6.07) is 0. The van der Waals surface area contributed by atoms with Crippen LogP contribution in [0.25, 0.3) is 11.2 Å². The second-order valence-corrected chi connectivity index (χ2v) is 12.0. The number of hydrogen-bond donors (Lipinski definition) is 8. The van der Waals surface area contributed by atoms with Crippen LogP contribution >= 0.6 is 23.5 Å². The first-order valence-electron chi connectivity index (χ1n) is 9.90. The number of hydrogen-bond acceptors (Lipinski definition) is 13. The molecule has 0 spiro atoms. The lowest BCUT2D eigenvalue weighted by Gasteiger charge is -2.29. The molecule has 2 aromatic heterocycles. The Morgan fingerprint density at radius 3 is 2.49 bits per heavy atom. The Kier molecular flexibility index (Phi) is 8.22. The molecule has 4 unspecified atom stereocenters. The summed E-state index contributed by atoms with van der Waals surface area (Å²) in [5.41, 5.74) is 2.32. The highest BCUT2D eigenvalue weighted by Crippen LogP contribution is 2.67. The number of phosphoric ester groups is 1. The molecule has 3 heterocycles. The van der Waals surface area contributed by atoms with Crippen LogP contribution in [0.1, 0.15) is 20.1 Å². The topological polar surface area (TPSA) is 299 Å². The molecule has 37 heavy (non-hydrogen) atoms.